The number of hydrogen-bond acceptors (Lipinski definition) is 4. The summed E-state index contributed by atoms with van der Waals surface area (Å²) in [6.45, 7) is 2.62. The van der Waals surface area contributed by atoms with Crippen LogP contribution in [0.2, 0.25) is 0 Å². The highest BCUT2D eigenvalue weighted by Gasteiger charge is 2.29. The second kappa shape index (κ2) is 9.46. The average molecular weight is 410 g/mol. The zero-order valence-corrected chi connectivity index (χ0v) is 17.3. The molecule has 5 nitrogen and oxygen atoms in total. The second-order valence-corrected chi connectivity index (χ2v) is 8.95. The van der Waals surface area contributed by atoms with E-state index in [1.807, 2.05) is 30.3 Å². The van der Waals surface area contributed by atoms with Gasteiger partial charge >= 0.3 is 0 Å². The molecule has 152 valence electrons. The highest BCUT2D eigenvalue weighted by atomic mass is 32.2. The largest absolute Gasteiger partial charge is 0.354 e. The van der Waals surface area contributed by atoms with Crippen LogP contribution in [0.25, 0.3) is 0 Å². The molecule has 2 amide bonds. The van der Waals surface area contributed by atoms with E-state index in [1.54, 1.807) is 0 Å². The van der Waals surface area contributed by atoms with E-state index in [-0.39, 0.29) is 23.5 Å². The molecule has 1 fully saturated rings. The van der Waals surface area contributed by atoms with Crippen molar-refractivity contribution in [3.8, 4) is 0 Å². The molecule has 0 spiro atoms. The fraction of sp³-hybridized carbons (Fsp3) is 0.391. The molecule has 2 N–H and O–H groups in total. The van der Waals surface area contributed by atoms with E-state index in [1.165, 1.54) is 30.2 Å². The molecule has 1 saturated heterocycles. The van der Waals surface area contributed by atoms with Crippen molar-refractivity contribution in [2.45, 2.75) is 48.4 Å². The molecule has 2 atom stereocenters. The molecule has 29 heavy (non-hydrogen) atoms. The van der Waals surface area contributed by atoms with Crippen LogP contribution < -0.4 is 10.6 Å². The molecule has 0 radical (unpaired) electrons. The number of hydrogen-bond donors (Lipinski definition) is 2. The fourth-order valence-corrected chi connectivity index (χ4v) is 5.13. The minimum Gasteiger partial charge on any atom is -0.354 e. The lowest BCUT2D eigenvalue weighted by Crippen LogP contribution is -2.46. The van der Waals surface area contributed by atoms with Crippen LogP contribution in [0.15, 0.2) is 59.5 Å². The molecular weight excluding hydrogens is 382 g/mol. The molecule has 6 heteroatoms. The van der Waals surface area contributed by atoms with Crippen LogP contribution in [-0.2, 0) is 16.1 Å². The van der Waals surface area contributed by atoms with Crippen LogP contribution in [0.3, 0.4) is 0 Å². The second-order valence-electron chi connectivity index (χ2n) is 7.71. The smallest absolute Gasteiger partial charge is 0.238 e. The Bertz CT molecular complexity index is 858. The third-order valence-electron chi connectivity index (χ3n) is 5.59. The summed E-state index contributed by atoms with van der Waals surface area (Å²) in [4.78, 5) is 28.4. The summed E-state index contributed by atoms with van der Waals surface area (Å²) in [5, 5.41) is 5.62. The van der Waals surface area contributed by atoms with Gasteiger partial charge in [0, 0.05) is 30.4 Å². The van der Waals surface area contributed by atoms with E-state index in [2.05, 4.69) is 39.8 Å². The summed E-state index contributed by atoms with van der Waals surface area (Å²) in [5.41, 5.74) is 2.14. The molecule has 2 aliphatic heterocycles. The zero-order valence-electron chi connectivity index (χ0n) is 16.5. The van der Waals surface area contributed by atoms with Gasteiger partial charge in [-0.05, 0) is 37.1 Å². The number of para-hydroxylation sites is 1. The van der Waals surface area contributed by atoms with Crippen LogP contribution in [0.1, 0.15) is 31.2 Å². The van der Waals surface area contributed by atoms with Crippen molar-refractivity contribution in [1.82, 2.24) is 10.2 Å². The number of carbonyl (C=O) groups excluding carboxylic acids is 2. The van der Waals surface area contributed by atoms with Crippen LogP contribution >= 0.6 is 11.8 Å². The van der Waals surface area contributed by atoms with Crippen LogP contribution in [0, 0.1) is 0 Å². The lowest BCUT2D eigenvalue weighted by molar-refractivity contribution is -0.124. The topological polar surface area (TPSA) is 61.4 Å². The fourth-order valence-electron chi connectivity index (χ4n) is 4.02. The third kappa shape index (κ3) is 5.19. The van der Waals surface area contributed by atoms with Gasteiger partial charge in [-0.25, -0.2) is 0 Å². The highest BCUT2D eigenvalue weighted by Crippen LogP contribution is 2.36. The van der Waals surface area contributed by atoms with Crippen LogP contribution in [-0.4, -0.2) is 41.1 Å². The lowest BCUT2D eigenvalue weighted by Gasteiger charge is -2.36. The number of rotatable bonds is 6. The standard InChI is InChI=1S/C23H27N3O2S/c27-22(14-21-23(28)25-19-11-4-5-12-20(19)29-21)24-15-18-10-6-7-13-26(18)16-17-8-2-1-3-9-17/h1-5,8-9,11-12,18,21H,6-7,10,13-16H2,(H,24,27)(H,25,28)/t18-,21-/m1/s1. The first-order valence-electron chi connectivity index (χ1n) is 10.3. The maximum atomic E-state index is 12.6. The minimum absolute atomic E-state index is 0.0535. The van der Waals surface area contributed by atoms with Crippen molar-refractivity contribution in [1.29, 1.82) is 0 Å². The number of benzene rings is 2. The number of thioether (sulfide) groups is 1. The van der Waals surface area contributed by atoms with Gasteiger partial charge in [0.1, 0.15) is 0 Å². The lowest BCUT2D eigenvalue weighted by atomic mass is 10.0. The van der Waals surface area contributed by atoms with E-state index < -0.39 is 0 Å². The Morgan fingerprint density at radius 1 is 1.10 bits per heavy atom. The first kappa shape index (κ1) is 20.0. The molecule has 0 aliphatic carbocycles. The number of piperidine rings is 1. The quantitative estimate of drug-likeness (QED) is 0.764. The number of nitrogens with one attached hydrogen (secondary N) is 2. The Morgan fingerprint density at radius 3 is 2.76 bits per heavy atom. The van der Waals surface area contributed by atoms with Crippen molar-refractivity contribution in [3.05, 3.63) is 60.2 Å². The van der Waals surface area contributed by atoms with Crippen molar-refractivity contribution >= 4 is 29.3 Å². The van der Waals surface area contributed by atoms with Gasteiger partial charge in [-0.15, -0.1) is 11.8 Å². The molecule has 0 saturated carbocycles. The number of likely N-dealkylation sites (tertiary alicyclic amines) is 1. The molecular formula is C23H27N3O2S. The van der Waals surface area contributed by atoms with Crippen molar-refractivity contribution < 1.29 is 9.59 Å². The third-order valence-corrected chi connectivity index (χ3v) is 6.86. The number of anilines is 1. The summed E-state index contributed by atoms with van der Waals surface area (Å²) in [7, 11) is 0. The minimum atomic E-state index is -0.378. The van der Waals surface area contributed by atoms with Crippen molar-refractivity contribution in [2.75, 3.05) is 18.4 Å². The summed E-state index contributed by atoms with van der Waals surface area (Å²) in [6, 6.07) is 18.6. The van der Waals surface area contributed by atoms with E-state index >= 15 is 0 Å². The highest BCUT2D eigenvalue weighted by molar-refractivity contribution is 8.01. The molecule has 2 aliphatic rings. The van der Waals surface area contributed by atoms with Crippen molar-refractivity contribution in [3.63, 3.8) is 0 Å². The van der Waals surface area contributed by atoms with Gasteiger partial charge in [0.2, 0.25) is 11.8 Å². The van der Waals surface area contributed by atoms with Gasteiger partial charge in [-0.3, -0.25) is 14.5 Å². The number of amides is 2. The molecule has 4 rings (SSSR count). The summed E-state index contributed by atoms with van der Waals surface area (Å²) < 4.78 is 0. The molecule has 2 heterocycles. The van der Waals surface area contributed by atoms with Gasteiger partial charge in [0.05, 0.1) is 10.9 Å². The predicted octanol–water partition coefficient (Wildman–Crippen LogP) is 3.66. The Labute approximate surface area is 176 Å². The molecule has 0 bridgehead atoms. The van der Waals surface area contributed by atoms with Crippen LogP contribution in [0.5, 0.6) is 0 Å². The number of fused-ring (bicyclic) bond motifs is 1. The average Bonchev–Trinajstić information content (AvgIpc) is 2.74. The maximum absolute atomic E-state index is 12.6. The number of nitrogens with zero attached hydrogens (tertiary/aromatic N) is 1. The van der Waals surface area contributed by atoms with Gasteiger partial charge in [-0.2, -0.15) is 0 Å². The summed E-state index contributed by atoms with van der Waals surface area (Å²) >= 11 is 1.47. The monoisotopic (exact) mass is 409 g/mol. The Balaban J connectivity index is 1.30. The first-order valence-corrected chi connectivity index (χ1v) is 11.2. The van der Waals surface area contributed by atoms with Crippen molar-refractivity contribution in [2.24, 2.45) is 0 Å². The van der Waals surface area contributed by atoms with Gasteiger partial charge in [-0.1, -0.05) is 48.9 Å². The van der Waals surface area contributed by atoms with Gasteiger partial charge in [0.25, 0.3) is 0 Å². The Hall–Kier alpha value is -2.31. The Kier molecular flexibility index (Phi) is 6.52. The van der Waals surface area contributed by atoms with Gasteiger partial charge < -0.3 is 10.6 Å². The summed E-state index contributed by atoms with van der Waals surface area (Å²) in [6.07, 6.45) is 3.70. The summed E-state index contributed by atoms with van der Waals surface area (Å²) in [5.74, 6) is -0.144. The Morgan fingerprint density at radius 2 is 1.90 bits per heavy atom. The van der Waals surface area contributed by atoms with E-state index in [4.69, 9.17) is 0 Å². The molecule has 2 aromatic rings. The SMILES string of the molecule is O=C(C[C@H]1Sc2ccccc2NC1=O)NC[C@H]1CCCCN1Cc1ccccc1. The number of carbonyl (C=O) groups is 2. The van der Waals surface area contributed by atoms with Gasteiger partial charge in [0.15, 0.2) is 0 Å². The zero-order chi connectivity index (χ0) is 20.1. The van der Waals surface area contributed by atoms with Crippen LogP contribution in [0.4, 0.5) is 5.69 Å². The van der Waals surface area contributed by atoms with E-state index in [0.717, 1.165) is 30.1 Å². The molecule has 0 unspecified atom stereocenters. The van der Waals surface area contributed by atoms with E-state index in [9.17, 15) is 9.59 Å². The maximum Gasteiger partial charge on any atom is 0.238 e. The first-order chi connectivity index (χ1) is 14.2. The molecule has 0 aromatic heterocycles. The predicted molar refractivity (Wildman–Crippen MR) is 117 cm³/mol. The van der Waals surface area contributed by atoms with E-state index in [0.29, 0.717) is 12.6 Å². The normalized spacial score (nSPS) is 21.9. The molecule has 2 aromatic carbocycles.